The lowest BCUT2D eigenvalue weighted by Crippen LogP contribution is -2.39. The number of carboxylic acids is 4. The van der Waals surface area contributed by atoms with Crippen molar-refractivity contribution in [2.24, 2.45) is 17.8 Å². The summed E-state index contributed by atoms with van der Waals surface area (Å²) in [5.74, 6) is -4.95. The number of hydrogen-bond donors (Lipinski definition) is 4. The standard InChI is InChI=1S/C20H42N2O.2C2H2O4/c1-7-21(8-2)12-13-22(9-3)14-15-23-20-16-18(6)10-11-19(20)17(4)5;2*3-1(4)2(5)6/h17-20H,7-16H2,1-6H3;2*(H,3,4)(H,5,6)/t18-,19+,20-;;/m1../s1. The van der Waals surface area contributed by atoms with E-state index in [1.54, 1.807) is 0 Å². The molecule has 0 unspecified atom stereocenters. The van der Waals surface area contributed by atoms with Gasteiger partial charge in [0.15, 0.2) is 0 Å². The first-order valence-electron chi connectivity index (χ1n) is 12.3. The van der Waals surface area contributed by atoms with E-state index in [0.717, 1.165) is 57.1 Å². The van der Waals surface area contributed by atoms with Crippen molar-refractivity contribution in [1.29, 1.82) is 0 Å². The minimum absolute atomic E-state index is 0.486. The summed E-state index contributed by atoms with van der Waals surface area (Å²) in [4.78, 5) is 41.4. The highest BCUT2D eigenvalue weighted by Gasteiger charge is 2.31. The molecule has 3 atom stereocenters. The smallest absolute Gasteiger partial charge is 0.414 e. The van der Waals surface area contributed by atoms with Crippen LogP contribution in [0.5, 0.6) is 0 Å². The molecular formula is C24H46N2O9. The molecule has 206 valence electrons. The van der Waals surface area contributed by atoms with Gasteiger partial charge < -0.3 is 35.0 Å². The van der Waals surface area contributed by atoms with E-state index in [0.29, 0.717) is 6.10 Å². The molecule has 0 aromatic rings. The van der Waals surface area contributed by atoms with Gasteiger partial charge in [-0.1, -0.05) is 48.0 Å². The van der Waals surface area contributed by atoms with Crippen LogP contribution in [0.4, 0.5) is 0 Å². The maximum Gasteiger partial charge on any atom is 0.414 e. The number of ether oxygens (including phenoxy) is 1. The molecular weight excluding hydrogens is 460 g/mol. The van der Waals surface area contributed by atoms with E-state index in [2.05, 4.69) is 51.3 Å². The Balaban J connectivity index is 0. The molecule has 0 aromatic carbocycles. The van der Waals surface area contributed by atoms with Gasteiger partial charge in [0.2, 0.25) is 0 Å². The van der Waals surface area contributed by atoms with Gasteiger partial charge in [0, 0.05) is 19.6 Å². The molecule has 1 saturated carbocycles. The van der Waals surface area contributed by atoms with Crippen molar-refractivity contribution in [3.05, 3.63) is 0 Å². The average molecular weight is 507 g/mol. The number of rotatable bonds is 11. The summed E-state index contributed by atoms with van der Waals surface area (Å²) in [5, 5.41) is 29.6. The third-order valence-electron chi connectivity index (χ3n) is 6.14. The second kappa shape index (κ2) is 20.0. The minimum atomic E-state index is -1.82. The van der Waals surface area contributed by atoms with Gasteiger partial charge >= 0.3 is 23.9 Å². The molecule has 0 radical (unpaired) electrons. The molecule has 4 N–H and O–H groups in total. The molecule has 1 aliphatic carbocycles. The minimum Gasteiger partial charge on any atom is -0.473 e. The fourth-order valence-corrected chi connectivity index (χ4v) is 3.89. The van der Waals surface area contributed by atoms with E-state index >= 15 is 0 Å². The number of aliphatic carboxylic acids is 4. The van der Waals surface area contributed by atoms with E-state index in [1.807, 2.05) is 0 Å². The maximum atomic E-state index is 9.10. The monoisotopic (exact) mass is 506 g/mol. The lowest BCUT2D eigenvalue weighted by molar-refractivity contribution is -0.159. The quantitative estimate of drug-likeness (QED) is 0.304. The normalized spacial score (nSPS) is 19.4. The van der Waals surface area contributed by atoms with Crippen LogP contribution >= 0.6 is 0 Å². The van der Waals surface area contributed by atoms with Crippen LogP contribution in [-0.2, 0) is 23.9 Å². The number of hydrogen-bond acceptors (Lipinski definition) is 7. The Morgan fingerprint density at radius 2 is 1.20 bits per heavy atom. The highest BCUT2D eigenvalue weighted by atomic mass is 16.5. The Hall–Kier alpha value is -2.24. The SMILES string of the molecule is CCN(CC)CCN(CC)CCO[C@@H]1C[C@H](C)CC[C@H]1C(C)C.O=C(O)C(=O)O.O=C(O)C(=O)O. The molecule has 35 heavy (non-hydrogen) atoms. The van der Waals surface area contributed by atoms with E-state index in [4.69, 9.17) is 44.3 Å². The van der Waals surface area contributed by atoms with Gasteiger partial charge in [0.05, 0.1) is 12.7 Å². The Kier molecular flexibility index (Phi) is 20.0. The van der Waals surface area contributed by atoms with E-state index in [1.165, 1.54) is 25.8 Å². The number of carboxylic acid groups (broad SMARTS) is 4. The average Bonchev–Trinajstić information content (AvgIpc) is 2.79. The van der Waals surface area contributed by atoms with Gasteiger partial charge in [0.25, 0.3) is 0 Å². The molecule has 1 rings (SSSR count). The molecule has 0 aromatic heterocycles. The lowest BCUT2D eigenvalue weighted by Gasteiger charge is -2.37. The molecule has 0 aliphatic heterocycles. The molecule has 11 nitrogen and oxygen atoms in total. The molecule has 0 spiro atoms. The van der Waals surface area contributed by atoms with Crippen molar-refractivity contribution >= 4 is 23.9 Å². The third kappa shape index (κ3) is 17.8. The molecule has 0 amide bonds. The Labute approximate surface area is 209 Å². The molecule has 1 fully saturated rings. The van der Waals surface area contributed by atoms with Crippen molar-refractivity contribution < 1.29 is 44.3 Å². The van der Waals surface area contributed by atoms with Gasteiger partial charge in [-0.3, -0.25) is 0 Å². The summed E-state index contributed by atoms with van der Waals surface area (Å²) in [5.41, 5.74) is 0. The predicted molar refractivity (Wildman–Crippen MR) is 132 cm³/mol. The highest BCUT2D eigenvalue weighted by molar-refractivity contribution is 6.27. The zero-order valence-corrected chi connectivity index (χ0v) is 22.1. The largest absolute Gasteiger partial charge is 0.473 e. The zero-order valence-electron chi connectivity index (χ0n) is 22.1. The van der Waals surface area contributed by atoms with Gasteiger partial charge in [-0.15, -0.1) is 0 Å². The predicted octanol–water partition coefficient (Wildman–Crippen LogP) is 2.44. The Bertz CT molecular complexity index is 576. The first kappa shape index (κ1) is 34.9. The van der Waals surface area contributed by atoms with Crippen LogP contribution in [0.2, 0.25) is 0 Å². The van der Waals surface area contributed by atoms with Gasteiger partial charge in [-0.25, -0.2) is 19.2 Å². The van der Waals surface area contributed by atoms with Crippen LogP contribution in [0, 0.1) is 17.8 Å². The van der Waals surface area contributed by atoms with Gasteiger partial charge in [-0.05, 0) is 50.2 Å². The van der Waals surface area contributed by atoms with Crippen molar-refractivity contribution in [3.63, 3.8) is 0 Å². The number of likely N-dealkylation sites (N-methyl/N-ethyl adjacent to an activating group) is 2. The molecule has 1 aliphatic rings. The first-order chi connectivity index (χ1) is 16.3. The number of nitrogens with zero attached hydrogens (tertiary/aromatic N) is 2. The van der Waals surface area contributed by atoms with Gasteiger partial charge in [0.1, 0.15) is 0 Å². The molecule has 11 heteroatoms. The fraction of sp³-hybridized carbons (Fsp3) is 0.833. The summed E-state index contributed by atoms with van der Waals surface area (Å²) < 4.78 is 6.36. The molecule has 0 saturated heterocycles. The van der Waals surface area contributed by atoms with Crippen LogP contribution < -0.4 is 0 Å². The Morgan fingerprint density at radius 1 is 0.771 bits per heavy atom. The summed E-state index contributed by atoms with van der Waals surface area (Å²) in [6.45, 7) is 21.6. The van der Waals surface area contributed by atoms with Crippen LogP contribution in [0.1, 0.15) is 60.8 Å². The summed E-state index contributed by atoms with van der Waals surface area (Å²) in [6.07, 6.45) is 4.48. The van der Waals surface area contributed by atoms with Crippen molar-refractivity contribution in [2.45, 2.75) is 66.9 Å². The number of carbonyl (C=O) groups is 4. The van der Waals surface area contributed by atoms with E-state index < -0.39 is 23.9 Å². The van der Waals surface area contributed by atoms with Crippen LogP contribution in [-0.4, -0.2) is 106 Å². The second-order valence-electron chi connectivity index (χ2n) is 8.92. The van der Waals surface area contributed by atoms with Crippen molar-refractivity contribution in [3.8, 4) is 0 Å². The fourth-order valence-electron chi connectivity index (χ4n) is 3.89. The topological polar surface area (TPSA) is 165 Å². The van der Waals surface area contributed by atoms with E-state index in [9.17, 15) is 0 Å². The zero-order chi connectivity index (χ0) is 27.6. The summed E-state index contributed by atoms with van der Waals surface area (Å²) in [6, 6.07) is 0. The highest BCUT2D eigenvalue weighted by Crippen LogP contribution is 2.35. The van der Waals surface area contributed by atoms with Crippen molar-refractivity contribution in [1.82, 2.24) is 9.80 Å². The summed E-state index contributed by atoms with van der Waals surface area (Å²) >= 11 is 0. The van der Waals surface area contributed by atoms with Crippen LogP contribution in [0.3, 0.4) is 0 Å². The van der Waals surface area contributed by atoms with Gasteiger partial charge in [-0.2, -0.15) is 0 Å². The van der Waals surface area contributed by atoms with Crippen LogP contribution in [0.15, 0.2) is 0 Å². The second-order valence-corrected chi connectivity index (χ2v) is 8.92. The first-order valence-corrected chi connectivity index (χ1v) is 12.3. The Morgan fingerprint density at radius 3 is 1.57 bits per heavy atom. The summed E-state index contributed by atoms with van der Waals surface area (Å²) in [7, 11) is 0. The third-order valence-corrected chi connectivity index (χ3v) is 6.14. The lowest BCUT2D eigenvalue weighted by atomic mass is 9.75. The molecule has 0 bridgehead atoms. The van der Waals surface area contributed by atoms with Crippen LogP contribution in [0.25, 0.3) is 0 Å². The van der Waals surface area contributed by atoms with E-state index in [-0.39, 0.29) is 0 Å². The molecule has 0 heterocycles. The van der Waals surface area contributed by atoms with Crippen molar-refractivity contribution in [2.75, 3.05) is 45.9 Å². The maximum absolute atomic E-state index is 9.10.